The Morgan fingerprint density at radius 3 is 2.79 bits per heavy atom. The van der Waals surface area contributed by atoms with Crippen LogP contribution in [-0.2, 0) is 4.79 Å². The van der Waals surface area contributed by atoms with Gasteiger partial charge in [0.2, 0.25) is 5.91 Å². The second-order valence-corrected chi connectivity index (χ2v) is 8.37. The first-order valence-corrected chi connectivity index (χ1v) is 8.65. The maximum Gasteiger partial charge on any atom is 0.226 e. The van der Waals surface area contributed by atoms with Gasteiger partial charge in [-0.15, -0.1) is 0 Å². The van der Waals surface area contributed by atoms with Crippen LogP contribution in [0.4, 0.5) is 0 Å². The molecule has 1 saturated heterocycles. The van der Waals surface area contributed by atoms with E-state index < -0.39 is 0 Å². The van der Waals surface area contributed by atoms with Crippen LogP contribution in [0.25, 0.3) is 0 Å². The van der Waals surface area contributed by atoms with E-state index in [9.17, 15) is 4.79 Å². The summed E-state index contributed by atoms with van der Waals surface area (Å²) in [6.45, 7) is 7.09. The van der Waals surface area contributed by atoms with Gasteiger partial charge in [0.05, 0.1) is 0 Å². The van der Waals surface area contributed by atoms with Gasteiger partial charge >= 0.3 is 0 Å². The predicted octanol–water partition coefficient (Wildman–Crippen LogP) is 2.50. The van der Waals surface area contributed by atoms with Gasteiger partial charge < -0.3 is 10.6 Å². The molecule has 2 rings (SSSR count). The van der Waals surface area contributed by atoms with E-state index in [1.807, 2.05) is 11.8 Å². The topological polar surface area (TPSA) is 46.3 Å². The van der Waals surface area contributed by atoms with Crippen molar-refractivity contribution in [3.8, 4) is 0 Å². The van der Waals surface area contributed by atoms with Crippen LogP contribution in [0, 0.1) is 11.8 Å². The highest BCUT2D eigenvalue weighted by Gasteiger charge is 2.34. The molecule has 0 aromatic rings. The lowest BCUT2D eigenvalue weighted by Crippen LogP contribution is -2.43. The Labute approximate surface area is 121 Å². The van der Waals surface area contributed by atoms with Gasteiger partial charge in [0.1, 0.15) is 0 Å². The Balaban J connectivity index is 1.98. The fourth-order valence-electron chi connectivity index (χ4n) is 3.29. The van der Waals surface area contributed by atoms with Crippen molar-refractivity contribution in [3.05, 3.63) is 0 Å². The Hall–Kier alpha value is -0.220. The number of thioether (sulfide) groups is 1. The molecule has 1 heterocycles. The van der Waals surface area contributed by atoms with E-state index in [4.69, 9.17) is 5.73 Å². The number of carbonyl (C=O) groups is 1. The van der Waals surface area contributed by atoms with E-state index >= 15 is 0 Å². The molecule has 0 radical (unpaired) electrons. The molecule has 3 nitrogen and oxygen atoms in total. The van der Waals surface area contributed by atoms with Gasteiger partial charge in [-0.2, -0.15) is 11.8 Å². The highest BCUT2D eigenvalue weighted by atomic mass is 32.2. The number of hydrogen-bond donors (Lipinski definition) is 1. The van der Waals surface area contributed by atoms with E-state index in [0.29, 0.717) is 23.1 Å². The van der Waals surface area contributed by atoms with Gasteiger partial charge in [0.15, 0.2) is 0 Å². The fraction of sp³-hybridized carbons (Fsp3) is 0.933. The molecule has 2 aliphatic rings. The zero-order valence-corrected chi connectivity index (χ0v) is 13.2. The third kappa shape index (κ3) is 3.88. The molecule has 19 heavy (non-hydrogen) atoms. The molecule has 2 atom stereocenters. The normalized spacial score (nSPS) is 31.8. The van der Waals surface area contributed by atoms with Crippen molar-refractivity contribution in [2.45, 2.75) is 50.7 Å². The lowest BCUT2D eigenvalue weighted by atomic mass is 9.78. The second kappa shape index (κ2) is 6.49. The van der Waals surface area contributed by atoms with Crippen LogP contribution in [-0.4, -0.2) is 40.9 Å². The van der Waals surface area contributed by atoms with Crippen LogP contribution < -0.4 is 5.73 Å². The molecule has 1 saturated carbocycles. The van der Waals surface area contributed by atoms with E-state index in [1.54, 1.807) is 0 Å². The molecule has 4 heteroatoms. The molecule has 110 valence electrons. The minimum absolute atomic E-state index is 0.199. The third-order valence-corrected chi connectivity index (χ3v) is 6.05. The van der Waals surface area contributed by atoms with Crippen molar-refractivity contribution in [1.29, 1.82) is 0 Å². The molecule has 2 N–H and O–H groups in total. The van der Waals surface area contributed by atoms with Crippen LogP contribution >= 0.6 is 11.8 Å². The number of amides is 1. The van der Waals surface area contributed by atoms with Crippen molar-refractivity contribution in [3.63, 3.8) is 0 Å². The van der Waals surface area contributed by atoms with Crippen molar-refractivity contribution in [2.24, 2.45) is 17.6 Å². The summed E-state index contributed by atoms with van der Waals surface area (Å²) >= 11 is 2.00. The van der Waals surface area contributed by atoms with E-state index in [0.717, 1.165) is 38.1 Å². The van der Waals surface area contributed by atoms with E-state index in [2.05, 4.69) is 18.7 Å². The standard InChI is InChI=1S/C15H28N2OS/c1-15(2)7-8-17(9-10-19-15)14(18)13-6-4-3-5-12(13)11-16/h12-13H,3-11,16H2,1-2H3. The summed E-state index contributed by atoms with van der Waals surface area (Å²) in [5.41, 5.74) is 5.86. The van der Waals surface area contributed by atoms with Crippen LogP contribution in [0.5, 0.6) is 0 Å². The summed E-state index contributed by atoms with van der Waals surface area (Å²) in [6.07, 6.45) is 5.73. The number of nitrogens with zero attached hydrogens (tertiary/aromatic N) is 1. The zero-order chi connectivity index (χ0) is 13.9. The van der Waals surface area contributed by atoms with E-state index in [1.165, 1.54) is 12.8 Å². The molecule has 0 spiro atoms. The zero-order valence-electron chi connectivity index (χ0n) is 12.4. The first-order chi connectivity index (χ1) is 9.03. The lowest BCUT2D eigenvalue weighted by molar-refractivity contribution is -0.138. The first kappa shape index (κ1) is 15.2. The second-order valence-electron chi connectivity index (χ2n) is 6.57. The van der Waals surface area contributed by atoms with Crippen LogP contribution in [0.2, 0.25) is 0 Å². The molecule has 0 bridgehead atoms. The van der Waals surface area contributed by atoms with Gasteiger partial charge in [0.25, 0.3) is 0 Å². The summed E-state index contributed by atoms with van der Waals surface area (Å²) < 4.78 is 0.314. The summed E-state index contributed by atoms with van der Waals surface area (Å²) in [6, 6.07) is 0. The molecule has 2 unspecified atom stereocenters. The Morgan fingerprint density at radius 1 is 1.32 bits per heavy atom. The van der Waals surface area contributed by atoms with Crippen LogP contribution in [0.15, 0.2) is 0 Å². The minimum atomic E-state index is 0.199. The smallest absolute Gasteiger partial charge is 0.226 e. The summed E-state index contributed by atoms with van der Waals surface area (Å²) in [4.78, 5) is 14.9. The first-order valence-electron chi connectivity index (χ1n) is 7.66. The maximum absolute atomic E-state index is 12.7. The number of nitrogens with two attached hydrogens (primary N) is 1. The number of hydrogen-bond acceptors (Lipinski definition) is 3. The summed E-state index contributed by atoms with van der Waals surface area (Å²) in [5, 5.41) is 0. The highest BCUT2D eigenvalue weighted by molar-refractivity contribution is 8.00. The minimum Gasteiger partial charge on any atom is -0.342 e. The summed E-state index contributed by atoms with van der Waals surface area (Å²) in [7, 11) is 0. The SMILES string of the molecule is CC1(C)CCN(C(=O)C2CCCCC2CN)CCS1. The van der Waals surface area contributed by atoms with Gasteiger partial charge in [-0.05, 0) is 31.7 Å². The molecule has 0 aromatic carbocycles. The monoisotopic (exact) mass is 284 g/mol. The van der Waals surface area contributed by atoms with Crippen LogP contribution in [0.1, 0.15) is 46.0 Å². The van der Waals surface area contributed by atoms with Gasteiger partial charge in [-0.3, -0.25) is 4.79 Å². The number of rotatable bonds is 2. The third-order valence-electron chi connectivity index (χ3n) is 4.68. The Morgan fingerprint density at radius 2 is 2.05 bits per heavy atom. The molecule has 2 fully saturated rings. The van der Waals surface area contributed by atoms with Gasteiger partial charge in [-0.1, -0.05) is 26.7 Å². The van der Waals surface area contributed by atoms with Crippen molar-refractivity contribution in [2.75, 3.05) is 25.4 Å². The average Bonchev–Trinajstić information content (AvgIpc) is 2.59. The van der Waals surface area contributed by atoms with Crippen molar-refractivity contribution >= 4 is 17.7 Å². The molecule has 1 aliphatic heterocycles. The lowest BCUT2D eigenvalue weighted by Gasteiger charge is -2.34. The predicted molar refractivity (Wildman–Crippen MR) is 82.2 cm³/mol. The Bertz CT molecular complexity index is 319. The van der Waals surface area contributed by atoms with Crippen molar-refractivity contribution < 1.29 is 4.79 Å². The van der Waals surface area contributed by atoms with Gasteiger partial charge in [0, 0.05) is 29.5 Å². The van der Waals surface area contributed by atoms with E-state index in [-0.39, 0.29) is 5.92 Å². The highest BCUT2D eigenvalue weighted by Crippen LogP contribution is 2.34. The fourth-order valence-corrected chi connectivity index (χ4v) is 4.39. The van der Waals surface area contributed by atoms with Crippen LogP contribution in [0.3, 0.4) is 0 Å². The largest absolute Gasteiger partial charge is 0.342 e. The molecular formula is C15H28N2OS. The van der Waals surface area contributed by atoms with Gasteiger partial charge in [-0.25, -0.2) is 0 Å². The van der Waals surface area contributed by atoms with Crippen molar-refractivity contribution in [1.82, 2.24) is 4.90 Å². The molecular weight excluding hydrogens is 256 g/mol. The Kier molecular flexibility index (Phi) is 5.18. The maximum atomic E-state index is 12.7. The summed E-state index contributed by atoms with van der Waals surface area (Å²) in [5.74, 6) is 2.07. The quantitative estimate of drug-likeness (QED) is 0.847. The number of carbonyl (C=O) groups excluding carboxylic acids is 1. The average molecular weight is 284 g/mol. The molecule has 1 aliphatic carbocycles. The molecule has 1 amide bonds. The molecule has 0 aromatic heterocycles.